The molecule has 0 saturated carbocycles. The molecule has 0 fully saturated rings. The van der Waals surface area contributed by atoms with E-state index in [0.717, 1.165) is 21.9 Å². The van der Waals surface area contributed by atoms with Crippen molar-refractivity contribution in [3.63, 3.8) is 0 Å². The summed E-state index contributed by atoms with van der Waals surface area (Å²) < 4.78 is 34.3. The zero-order chi connectivity index (χ0) is 30.3. The molecule has 0 radical (unpaired) electrons. The van der Waals surface area contributed by atoms with Crippen LogP contribution in [-0.2, 0) is 26.2 Å². The molecule has 0 aliphatic rings. The number of rotatable bonds is 12. The summed E-state index contributed by atoms with van der Waals surface area (Å²) in [6.45, 7) is 8.61. The first kappa shape index (κ1) is 32.0. The van der Waals surface area contributed by atoms with Crippen LogP contribution in [0.25, 0.3) is 0 Å². The molecule has 3 aromatic rings. The number of hydrogen-bond acceptors (Lipinski definition) is 5. The van der Waals surface area contributed by atoms with E-state index in [9.17, 15) is 18.0 Å². The Balaban J connectivity index is 2.06. The summed E-state index contributed by atoms with van der Waals surface area (Å²) in [5.74, 6) is -0.211. The lowest BCUT2D eigenvalue weighted by molar-refractivity contribution is -0.139. The molecule has 220 valence electrons. The lowest BCUT2D eigenvalue weighted by Gasteiger charge is -2.33. The first-order valence-corrected chi connectivity index (χ1v) is 15.3. The van der Waals surface area contributed by atoms with Crippen LogP contribution in [0.3, 0.4) is 0 Å². The molecule has 0 unspecified atom stereocenters. The summed E-state index contributed by atoms with van der Waals surface area (Å²) in [5.41, 5.74) is 2.46. The summed E-state index contributed by atoms with van der Waals surface area (Å²) in [6.07, 6.45) is 0.724. The van der Waals surface area contributed by atoms with Crippen molar-refractivity contribution in [2.24, 2.45) is 0 Å². The van der Waals surface area contributed by atoms with Crippen molar-refractivity contribution in [2.75, 3.05) is 18.0 Å². The minimum atomic E-state index is -4.18. The quantitative estimate of drug-likeness (QED) is 0.297. The van der Waals surface area contributed by atoms with Gasteiger partial charge in [0.1, 0.15) is 18.3 Å². The number of carbonyl (C=O) groups is 2. The molecular formula is C31H38ClN3O5S. The van der Waals surface area contributed by atoms with Crippen molar-refractivity contribution in [1.29, 1.82) is 0 Å². The Labute approximate surface area is 248 Å². The fourth-order valence-electron chi connectivity index (χ4n) is 4.19. The Morgan fingerprint density at radius 2 is 1.61 bits per heavy atom. The van der Waals surface area contributed by atoms with Crippen LogP contribution >= 0.6 is 11.6 Å². The Morgan fingerprint density at radius 3 is 2.20 bits per heavy atom. The third-order valence-corrected chi connectivity index (χ3v) is 9.26. The van der Waals surface area contributed by atoms with E-state index in [1.54, 1.807) is 75.6 Å². The van der Waals surface area contributed by atoms with Crippen LogP contribution in [0.4, 0.5) is 5.69 Å². The highest BCUT2D eigenvalue weighted by molar-refractivity contribution is 7.92. The molecule has 10 heteroatoms. The summed E-state index contributed by atoms with van der Waals surface area (Å²) in [6, 6.07) is 17.5. The minimum absolute atomic E-state index is 0.0412. The number of aryl methyl sites for hydroxylation is 1. The Kier molecular flexibility index (Phi) is 10.8. The topological polar surface area (TPSA) is 96.0 Å². The van der Waals surface area contributed by atoms with Gasteiger partial charge in [0.05, 0.1) is 17.7 Å². The summed E-state index contributed by atoms with van der Waals surface area (Å²) in [4.78, 5) is 28.7. The van der Waals surface area contributed by atoms with Crippen molar-refractivity contribution in [1.82, 2.24) is 10.2 Å². The van der Waals surface area contributed by atoms with Gasteiger partial charge in [0.15, 0.2) is 0 Å². The Morgan fingerprint density at radius 1 is 0.976 bits per heavy atom. The van der Waals surface area contributed by atoms with Gasteiger partial charge in [-0.1, -0.05) is 54.4 Å². The first-order chi connectivity index (χ1) is 19.4. The molecule has 0 aliphatic carbocycles. The van der Waals surface area contributed by atoms with E-state index >= 15 is 0 Å². The molecule has 0 heterocycles. The number of amides is 2. The highest BCUT2D eigenvalue weighted by Gasteiger charge is 2.33. The van der Waals surface area contributed by atoms with Gasteiger partial charge < -0.3 is 15.0 Å². The normalized spacial score (nSPS) is 12.8. The van der Waals surface area contributed by atoms with Crippen molar-refractivity contribution < 1.29 is 22.7 Å². The molecule has 3 rings (SSSR count). The lowest BCUT2D eigenvalue weighted by Crippen LogP contribution is -2.52. The van der Waals surface area contributed by atoms with Crippen molar-refractivity contribution in [3.05, 3.63) is 88.4 Å². The lowest BCUT2D eigenvalue weighted by atomic mass is 10.1. The number of sulfonamides is 1. The predicted molar refractivity (Wildman–Crippen MR) is 163 cm³/mol. The fourth-order valence-corrected chi connectivity index (χ4v) is 5.83. The molecule has 41 heavy (non-hydrogen) atoms. The second-order valence-corrected chi connectivity index (χ2v) is 12.3. The number of nitrogens with zero attached hydrogens (tertiary/aromatic N) is 2. The molecule has 2 amide bonds. The number of hydrogen-bond donors (Lipinski definition) is 1. The van der Waals surface area contributed by atoms with Crippen LogP contribution in [-0.4, -0.2) is 50.9 Å². The van der Waals surface area contributed by atoms with E-state index in [0.29, 0.717) is 16.3 Å². The molecule has 1 N–H and O–H groups in total. The highest BCUT2D eigenvalue weighted by Crippen LogP contribution is 2.31. The third kappa shape index (κ3) is 7.80. The molecule has 2 atom stereocenters. The molecular weight excluding hydrogens is 562 g/mol. The fraction of sp³-hybridized carbons (Fsp3) is 0.355. The van der Waals surface area contributed by atoms with Gasteiger partial charge in [0, 0.05) is 17.6 Å². The number of methoxy groups -OCH3 is 1. The number of halogens is 1. The average Bonchev–Trinajstić information content (AvgIpc) is 2.96. The van der Waals surface area contributed by atoms with E-state index in [1.807, 2.05) is 20.8 Å². The zero-order valence-corrected chi connectivity index (χ0v) is 25.9. The molecule has 0 aromatic heterocycles. The van der Waals surface area contributed by atoms with Gasteiger partial charge in [-0.15, -0.1) is 0 Å². The number of nitrogens with one attached hydrogen (secondary N) is 1. The van der Waals surface area contributed by atoms with Crippen LogP contribution in [0.15, 0.2) is 71.6 Å². The van der Waals surface area contributed by atoms with Crippen molar-refractivity contribution >= 4 is 39.1 Å². The SMILES string of the molecule is CC[C@H](C)NC(=O)[C@@H](C)N(Cc1ccc(OC)cc1)C(=O)CN(c1cccc(Cl)c1C)S(=O)(=O)c1ccc(C)cc1. The maximum Gasteiger partial charge on any atom is 0.264 e. The second kappa shape index (κ2) is 13.9. The number of benzene rings is 3. The van der Waals surface area contributed by atoms with Crippen LogP contribution in [0.5, 0.6) is 5.75 Å². The van der Waals surface area contributed by atoms with Crippen LogP contribution in [0.1, 0.15) is 43.9 Å². The van der Waals surface area contributed by atoms with E-state index in [-0.39, 0.29) is 29.1 Å². The van der Waals surface area contributed by atoms with E-state index in [4.69, 9.17) is 16.3 Å². The van der Waals surface area contributed by atoms with Crippen LogP contribution < -0.4 is 14.4 Å². The summed E-state index contributed by atoms with van der Waals surface area (Å²) >= 11 is 6.38. The molecule has 0 bridgehead atoms. The van der Waals surface area contributed by atoms with Gasteiger partial charge in [-0.05, 0) is 81.6 Å². The minimum Gasteiger partial charge on any atom is -0.497 e. The van der Waals surface area contributed by atoms with E-state index < -0.39 is 28.5 Å². The predicted octanol–water partition coefficient (Wildman–Crippen LogP) is 5.49. The maximum atomic E-state index is 14.1. The van der Waals surface area contributed by atoms with Gasteiger partial charge in [0.25, 0.3) is 10.0 Å². The summed E-state index contributed by atoms with van der Waals surface area (Å²) in [5, 5.41) is 3.30. The van der Waals surface area contributed by atoms with Crippen LogP contribution in [0.2, 0.25) is 5.02 Å². The summed E-state index contributed by atoms with van der Waals surface area (Å²) in [7, 11) is -2.62. The maximum absolute atomic E-state index is 14.1. The molecule has 0 aliphatic heterocycles. The van der Waals surface area contributed by atoms with Gasteiger partial charge in [-0.3, -0.25) is 13.9 Å². The number of carbonyl (C=O) groups excluding carboxylic acids is 2. The van der Waals surface area contributed by atoms with Gasteiger partial charge in [0.2, 0.25) is 11.8 Å². The standard InChI is InChI=1S/C31H38ClN3O5S/c1-7-22(3)33-31(37)24(5)34(19-25-13-15-26(40-6)16-14-25)30(36)20-35(29-10-8-9-28(32)23(29)4)41(38,39)27-17-11-21(2)12-18-27/h8-18,22,24H,7,19-20H2,1-6H3,(H,33,37)/t22-,24+/m0/s1. The van der Waals surface area contributed by atoms with Gasteiger partial charge in [-0.25, -0.2) is 8.42 Å². The van der Waals surface area contributed by atoms with E-state index in [2.05, 4.69) is 5.32 Å². The monoisotopic (exact) mass is 599 g/mol. The van der Waals surface area contributed by atoms with Crippen molar-refractivity contribution in [2.45, 2.75) is 64.6 Å². The average molecular weight is 600 g/mol. The Bertz CT molecular complexity index is 1460. The second-order valence-electron chi connectivity index (χ2n) is 10.1. The number of ether oxygens (including phenoxy) is 1. The third-order valence-electron chi connectivity index (χ3n) is 7.08. The highest BCUT2D eigenvalue weighted by atomic mass is 35.5. The van der Waals surface area contributed by atoms with E-state index in [1.165, 1.54) is 17.0 Å². The molecule has 3 aromatic carbocycles. The largest absolute Gasteiger partial charge is 0.497 e. The first-order valence-electron chi connectivity index (χ1n) is 13.5. The molecule has 0 spiro atoms. The smallest absolute Gasteiger partial charge is 0.264 e. The number of anilines is 1. The molecule has 0 saturated heterocycles. The molecule has 8 nitrogen and oxygen atoms in total. The van der Waals surface area contributed by atoms with Gasteiger partial charge in [-0.2, -0.15) is 0 Å². The Hall–Kier alpha value is -3.56. The van der Waals surface area contributed by atoms with Crippen LogP contribution in [0, 0.1) is 13.8 Å². The van der Waals surface area contributed by atoms with Gasteiger partial charge >= 0.3 is 0 Å². The zero-order valence-electron chi connectivity index (χ0n) is 24.3. The van der Waals surface area contributed by atoms with Crippen molar-refractivity contribution in [3.8, 4) is 5.75 Å².